The number of hydrogen-bond acceptors (Lipinski definition) is 3. The van der Waals surface area contributed by atoms with Crippen molar-refractivity contribution in [2.45, 2.75) is 63.1 Å². The van der Waals surface area contributed by atoms with Gasteiger partial charge in [-0.05, 0) is 25.7 Å². The van der Waals surface area contributed by atoms with Gasteiger partial charge in [-0.2, -0.15) is 0 Å². The average molecular weight is 226 g/mol. The summed E-state index contributed by atoms with van der Waals surface area (Å²) in [7, 11) is 0. The van der Waals surface area contributed by atoms with Crippen LogP contribution in [0.2, 0.25) is 0 Å². The molecule has 2 saturated carbocycles. The molecule has 0 saturated heterocycles. The molecular formula is C12H22N2O2. The molecule has 16 heavy (non-hydrogen) atoms. The maximum Gasteiger partial charge on any atom is 0.224 e. The Morgan fingerprint density at radius 2 is 1.88 bits per heavy atom. The van der Waals surface area contributed by atoms with E-state index < -0.39 is 0 Å². The van der Waals surface area contributed by atoms with Crippen molar-refractivity contribution in [2.24, 2.45) is 11.7 Å². The van der Waals surface area contributed by atoms with Crippen LogP contribution in [-0.4, -0.2) is 29.2 Å². The second-order valence-electron chi connectivity index (χ2n) is 5.17. The molecule has 2 unspecified atom stereocenters. The van der Waals surface area contributed by atoms with Crippen LogP contribution in [0, 0.1) is 5.92 Å². The first-order chi connectivity index (χ1) is 7.68. The summed E-state index contributed by atoms with van der Waals surface area (Å²) in [5, 5.41) is 12.8. The molecule has 1 amide bonds. The molecule has 0 aliphatic heterocycles. The third kappa shape index (κ3) is 2.55. The van der Waals surface area contributed by atoms with E-state index in [2.05, 4.69) is 5.32 Å². The molecule has 4 nitrogen and oxygen atoms in total. The number of rotatable bonds is 2. The van der Waals surface area contributed by atoms with E-state index in [1.54, 1.807) is 0 Å². The van der Waals surface area contributed by atoms with E-state index in [4.69, 9.17) is 5.73 Å². The van der Waals surface area contributed by atoms with Crippen LogP contribution < -0.4 is 11.1 Å². The summed E-state index contributed by atoms with van der Waals surface area (Å²) in [5.74, 6) is 0.0186. The normalized spacial score (nSPS) is 39.6. The molecule has 0 radical (unpaired) electrons. The van der Waals surface area contributed by atoms with Crippen LogP contribution in [0.5, 0.6) is 0 Å². The number of carbonyl (C=O) groups is 1. The Labute approximate surface area is 96.6 Å². The lowest BCUT2D eigenvalue weighted by atomic mass is 9.91. The topological polar surface area (TPSA) is 75.4 Å². The van der Waals surface area contributed by atoms with Crippen molar-refractivity contribution in [3.63, 3.8) is 0 Å². The van der Waals surface area contributed by atoms with Crippen LogP contribution in [-0.2, 0) is 4.79 Å². The zero-order valence-corrected chi connectivity index (χ0v) is 9.69. The maximum absolute atomic E-state index is 12.0. The molecule has 4 heteroatoms. The van der Waals surface area contributed by atoms with Crippen LogP contribution in [0.1, 0.15) is 44.9 Å². The fourth-order valence-corrected chi connectivity index (χ4v) is 2.88. The van der Waals surface area contributed by atoms with Gasteiger partial charge in [0.15, 0.2) is 0 Å². The Morgan fingerprint density at radius 1 is 1.12 bits per heavy atom. The molecule has 0 aromatic carbocycles. The molecule has 0 aromatic rings. The second kappa shape index (κ2) is 5.15. The van der Waals surface area contributed by atoms with Gasteiger partial charge in [-0.1, -0.05) is 19.3 Å². The summed E-state index contributed by atoms with van der Waals surface area (Å²) in [5.41, 5.74) is 5.90. The van der Waals surface area contributed by atoms with E-state index in [0.717, 1.165) is 44.9 Å². The molecule has 2 fully saturated rings. The van der Waals surface area contributed by atoms with Gasteiger partial charge >= 0.3 is 0 Å². The second-order valence-corrected chi connectivity index (χ2v) is 5.17. The number of nitrogens with one attached hydrogen (secondary N) is 1. The van der Waals surface area contributed by atoms with Gasteiger partial charge in [0.05, 0.1) is 18.1 Å². The van der Waals surface area contributed by atoms with E-state index in [0.29, 0.717) is 0 Å². The number of nitrogens with two attached hydrogens (primary N) is 1. The lowest BCUT2D eigenvalue weighted by Crippen LogP contribution is -2.49. The minimum atomic E-state index is -0.365. The van der Waals surface area contributed by atoms with Gasteiger partial charge in [0, 0.05) is 6.04 Å². The van der Waals surface area contributed by atoms with E-state index in [-0.39, 0.29) is 30.0 Å². The molecule has 0 bridgehead atoms. The summed E-state index contributed by atoms with van der Waals surface area (Å²) in [6.45, 7) is 0. The van der Waals surface area contributed by atoms with Gasteiger partial charge in [0.25, 0.3) is 0 Å². The number of amides is 1. The molecule has 4 atom stereocenters. The van der Waals surface area contributed by atoms with Gasteiger partial charge in [-0.25, -0.2) is 0 Å². The van der Waals surface area contributed by atoms with Gasteiger partial charge < -0.3 is 16.2 Å². The predicted molar refractivity (Wildman–Crippen MR) is 61.7 cm³/mol. The highest BCUT2D eigenvalue weighted by molar-refractivity contribution is 5.80. The molecule has 0 heterocycles. The molecule has 0 aromatic heterocycles. The van der Waals surface area contributed by atoms with Crippen molar-refractivity contribution in [1.29, 1.82) is 0 Å². The Hall–Kier alpha value is -0.610. The van der Waals surface area contributed by atoms with Crippen LogP contribution in [0.15, 0.2) is 0 Å². The van der Waals surface area contributed by atoms with Crippen molar-refractivity contribution in [2.75, 3.05) is 0 Å². The highest BCUT2D eigenvalue weighted by Gasteiger charge is 2.33. The van der Waals surface area contributed by atoms with E-state index in [1.165, 1.54) is 0 Å². The zero-order chi connectivity index (χ0) is 11.5. The third-order valence-corrected chi connectivity index (χ3v) is 3.96. The van der Waals surface area contributed by atoms with Gasteiger partial charge in [-0.3, -0.25) is 4.79 Å². The van der Waals surface area contributed by atoms with Crippen LogP contribution in [0.3, 0.4) is 0 Å². The van der Waals surface area contributed by atoms with Crippen molar-refractivity contribution >= 4 is 5.91 Å². The first-order valence-electron chi connectivity index (χ1n) is 6.42. The molecule has 2 aliphatic carbocycles. The van der Waals surface area contributed by atoms with Crippen molar-refractivity contribution in [1.82, 2.24) is 5.32 Å². The lowest BCUT2D eigenvalue weighted by Gasteiger charge is -2.29. The zero-order valence-electron chi connectivity index (χ0n) is 9.69. The largest absolute Gasteiger partial charge is 0.391 e. The Morgan fingerprint density at radius 3 is 2.50 bits per heavy atom. The molecule has 0 spiro atoms. The first-order valence-corrected chi connectivity index (χ1v) is 6.42. The Kier molecular flexibility index (Phi) is 3.82. The number of aliphatic hydroxyl groups excluding tert-OH is 1. The van der Waals surface area contributed by atoms with Gasteiger partial charge in [0.1, 0.15) is 0 Å². The van der Waals surface area contributed by atoms with E-state index in [9.17, 15) is 9.90 Å². The summed E-state index contributed by atoms with van der Waals surface area (Å²) >= 11 is 0. The average Bonchev–Trinajstić information content (AvgIpc) is 2.68. The fourth-order valence-electron chi connectivity index (χ4n) is 2.88. The fraction of sp³-hybridized carbons (Fsp3) is 0.917. The smallest absolute Gasteiger partial charge is 0.224 e. The van der Waals surface area contributed by atoms with E-state index >= 15 is 0 Å². The lowest BCUT2D eigenvalue weighted by molar-refractivity contribution is -0.127. The minimum absolute atomic E-state index is 0.0146. The molecule has 2 rings (SSSR count). The summed E-state index contributed by atoms with van der Waals surface area (Å²) in [6, 6.07) is -0.0326. The minimum Gasteiger partial charge on any atom is -0.391 e. The number of aliphatic hydroxyl groups is 1. The maximum atomic E-state index is 12.0. The van der Waals surface area contributed by atoms with Crippen LogP contribution >= 0.6 is 0 Å². The van der Waals surface area contributed by atoms with Gasteiger partial charge in [0.2, 0.25) is 5.91 Å². The Bertz CT molecular complexity index is 257. The number of carbonyl (C=O) groups excluding carboxylic acids is 1. The quantitative estimate of drug-likeness (QED) is 0.643. The first kappa shape index (κ1) is 11.9. The summed E-state index contributed by atoms with van der Waals surface area (Å²) in [6.07, 6.45) is 6.40. The SMILES string of the molecule is NC1CCCC1C(=O)N[C@@H]1CCCC[C@H]1O. The van der Waals surface area contributed by atoms with Crippen LogP contribution in [0.25, 0.3) is 0 Å². The van der Waals surface area contributed by atoms with Crippen molar-refractivity contribution in [3.8, 4) is 0 Å². The predicted octanol–water partition coefficient (Wildman–Crippen LogP) is 0.533. The number of hydrogen-bond donors (Lipinski definition) is 3. The summed E-state index contributed by atoms with van der Waals surface area (Å²) < 4.78 is 0. The van der Waals surface area contributed by atoms with Crippen molar-refractivity contribution < 1.29 is 9.90 Å². The van der Waals surface area contributed by atoms with Crippen molar-refractivity contribution in [3.05, 3.63) is 0 Å². The van der Waals surface area contributed by atoms with Crippen LogP contribution in [0.4, 0.5) is 0 Å². The third-order valence-electron chi connectivity index (χ3n) is 3.96. The van der Waals surface area contributed by atoms with E-state index in [1.807, 2.05) is 0 Å². The molecule has 4 N–H and O–H groups in total. The standard InChI is InChI=1S/C12H22N2O2/c13-9-5-3-4-8(9)12(16)14-10-6-1-2-7-11(10)15/h8-11,15H,1-7,13H2,(H,14,16)/t8?,9?,10-,11-/m1/s1. The molecule has 2 aliphatic rings. The molecular weight excluding hydrogens is 204 g/mol. The monoisotopic (exact) mass is 226 g/mol. The Balaban J connectivity index is 1.86. The van der Waals surface area contributed by atoms with Gasteiger partial charge in [-0.15, -0.1) is 0 Å². The highest BCUT2D eigenvalue weighted by Crippen LogP contribution is 2.25. The molecule has 92 valence electrons. The summed E-state index contributed by atoms with van der Waals surface area (Å²) in [4.78, 5) is 12.0. The highest BCUT2D eigenvalue weighted by atomic mass is 16.3.